The van der Waals surface area contributed by atoms with Gasteiger partial charge < -0.3 is 14.2 Å². The van der Waals surface area contributed by atoms with Gasteiger partial charge in [0.1, 0.15) is 17.0 Å². The molecule has 124 valence electrons. The molecule has 0 spiro atoms. The number of thioether (sulfide) groups is 1. The molecule has 1 aromatic heterocycles. The van der Waals surface area contributed by atoms with Crippen LogP contribution in [-0.4, -0.2) is 24.7 Å². The van der Waals surface area contributed by atoms with E-state index >= 15 is 0 Å². The standard InChI is InChI=1S/C15H10ClFN2O4S/c1-21-14(20)7-22-15-11(3-2-4-19-15)23-12-6-13(24-8-18)10(17)5-9(12)16/h2-6H,7H2,1H3. The van der Waals surface area contributed by atoms with Crippen molar-refractivity contribution in [2.75, 3.05) is 13.7 Å². The molecule has 0 aliphatic rings. The number of nitrogens with zero attached hydrogens (tertiary/aromatic N) is 2. The number of carbonyl (C=O) groups is 1. The maximum Gasteiger partial charge on any atom is 0.343 e. The highest BCUT2D eigenvalue weighted by Crippen LogP contribution is 2.37. The summed E-state index contributed by atoms with van der Waals surface area (Å²) in [4.78, 5) is 15.2. The number of pyridine rings is 1. The van der Waals surface area contributed by atoms with Gasteiger partial charge in [0.15, 0.2) is 12.4 Å². The first-order valence-corrected chi connectivity index (χ1v) is 7.62. The largest absolute Gasteiger partial charge is 0.466 e. The zero-order valence-corrected chi connectivity index (χ0v) is 13.9. The molecule has 9 heteroatoms. The Bertz CT molecular complexity index is 798. The number of methoxy groups -OCH3 is 1. The first kappa shape index (κ1) is 17.8. The van der Waals surface area contributed by atoms with Crippen LogP contribution in [0.2, 0.25) is 5.02 Å². The molecule has 0 atom stereocenters. The van der Waals surface area contributed by atoms with Crippen molar-refractivity contribution in [3.8, 4) is 22.8 Å². The topological polar surface area (TPSA) is 81.4 Å². The Morgan fingerprint density at radius 2 is 2.25 bits per heavy atom. The van der Waals surface area contributed by atoms with Crippen molar-refractivity contribution in [2.24, 2.45) is 0 Å². The van der Waals surface area contributed by atoms with Gasteiger partial charge in [-0.2, -0.15) is 5.26 Å². The Labute approximate surface area is 146 Å². The van der Waals surface area contributed by atoms with Crippen molar-refractivity contribution in [3.05, 3.63) is 41.3 Å². The number of halogens is 2. The van der Waals surface area contributed by atoms with Gasteiger partial charge in [0.2, 0.25) is 0 Å². The van der Waals surface area contributed by atoms with Crippen LogP contribution in [0.25, 0.3) is 0 Å². The van der Waals surface area contributed by atoms with E-state index in [4.69, 9.17) is 26.3 Å². The summed E-state index contributed by atoms with van der Waals surface area (Å²) in [5, 5.41) is 10.5. The molecular formula is C15H10ClFN2O4S. The fraction of sp³-hybridized carbons (Fsp3) is 0.133. The zero-order valence-electron chi connectivity index (χ0n) is 12.3. The van der Waals surface area contributed by atoms with Crippen molar-refractivity contribution in [1.29, 1.82) is 5.26 Å². The molecule has 1 aromatic carbocycles. The summed E-state index contributed by atoms with van der Waals surface area (Å²) in [6.45, 7) is -0.351. The van der Waals surface area contributed by atoms with Crippen molar-refractivity contribution in [2.45, 2.75) is 4.90 Å². The van der Waals surface area contributed by atoms with E-state index in [-0.39, 0.29) is 33.9 Å². The first-order valence-electron chi connectivity index (χ1n) is 6.42. The van der Waals surface area contributed by atoms with Crippen molar-refractivity contribution in [3.63, 3.8) is 0 Å². The molecule has 0 radical (unpaired) electrons. The molecular weight excluding hydrogens is 359 g/mol. The van der Waals surface area contributed by atoms with E-state index < -0.39 is 11.8 Å². The highest BCUT2D eigenvalue weighted by molar-refractivity contribution is 8.03. The number of aromatic nitrogens is 1. The van der Waals surface area contributed by atoms with Gasteiger partial charge in [-0.25, -0.2) is 14.2 Å². The van der Waals surface area contributed by atoms with E-state index in [1.165, 1.54) is 25.4 Å². The number of benzene rings is 1. The highest BCUT2D eigenvalue weighted by atomic mass is 35.5. The van der Waals surface area contributed by atoms with Crippen molar-refractivity contribution >= 4 is 29.3 Å². The van der Waals surface area contributed by atoms with Gasteiger partial charge in [-0.1, -0.05) is 11.6 Å². The van der Waals surface area contributed by atoms with Crippen LogP contribution in [0.3, 0.4) is 0 Å². The van der Waals surface area contributed by atoms with Crippen LogP contribution >= 0.6 is 23.4 Å². The maximum atomic E-state index is 13.7. The van der Waals surface area contributed by atoms with Crippen LogP contribution in [0.15, 0.2) is 35.4 Å². The third-order valence-corrected chi connectivity index (χ3v) is 3.57. The molecule has 0 bridgehead atoms. The summed E-state index contributed by atoms with van der Waals surface area (Å²) in [6.07, 6.45) is 1.45. The molecule has 2 aromatic rings. The SMILES string of the molecule is COC(=O)COc1ncccc1Oc1cc(SC#N)c(F)cc1Cl. The van der Waals surface area contributed by atoms with Gasteiger partial charge in [-0.3, -0.25) is 0 Å². The summed E-state index contributed by atoms with van der Waals surface area (Å²) < 4.78 is 29.0. The molecule has 0 aliphatic heterocycles. The van der Waals surface area contributed by atoms with Crippen molar-refractivity contribution in [1.82, 2.24) is 4.98 Å². The summed E-state index contributed by atoms with van der Waals surface area (Å²) in [6, 6.07) is 5.46. The van der Waals surface area contributed by atoms with Crippen LogP contribution < -0.4 is 9.47 Å². The minimum absolute atomic E-state index is 0.0116. The molecule has 0 saturated carbocycles. The molecule has 0 amide bonds. The third-order valence-electron chi connectivity index (χ3n) is 2.65. The number of rotatable bonds is 6. The normalized spacial score (nSPS) is 9.92. The summed E-state index contributed by atoms with van der Waals surface area (Å²) in [7, 11) is 1.23. The average Bonchev–Trinajstić information content (AvgIpc) is 2.58. The van der Waals surface area contributed by atoms with Gasteiger partial charge >= 0.3 is 5.97 Å². The second-order valence-electron chi connectivity index (χ2n) is 4.18. The molecule has 0 aliphatic carbocycles. The lowest BCUT2D eigenvalue weighted by atomic mass is 10.3. The second-order valence-corrected chi connectivity index (χ2v) is 5.41. The Kier molecular flexibility index (Phi) is 6.23. The Hall–Kier alpha value is -2.50. The molecule has 0 fully saturated rings. The lowest BCUT2D eigenvalue weighted by Crippen LogP contribution is -2.13. The monoisotopic (exact) mass is 368 g/mol. The fourth-order valence-corrected chi connectivity index (χ4v) is 2.19. The number of thiocyanates is 1. The van der Waals surface area contributed by atoms with Crippen LogP contribution in [0.5, 0.6) is 17.4 Å². The van der Waals surface area contributed by atoms with Gasteiger partial charge in [0.25, 0.3) is 5.88 Å². The minimum atomic E-state index is -0.632. The number of hydrogen-bond donors (Lipinski definition) is 0. The van der Waals surface area contributed by atoms with E-state index in [9.17, 15) is 9.18 Å². The van der Waals surface area contributed by atoms with Crippen molar-refractivity contribution < 1.29 is 23.4 Å². The fourth-order valence-electron chi connectivity index (χ4n) is 1.58. The lowest BCUT2D eigenvalue weighted by Gasteiger charge is -2.12. The van der Waals surface area contributed by atoms with Gasteiger partial charge in [-0.05, 0) is 36.0 Å². The zero-order chi connectivity index (χ0) is 17.5. The van der Waals surface area contributed by atoms with Crippen LogP contribution in [0.4, 0.5) is 4.39 Å². The summed E-state index contributed by atoms with van der Waals surface area (Å²) in [5.41, 5.74) is 0. The Morgan fingerprint density at radius 3 is 2.96 bits per heavy atom. The predicted octanol–water partition coefficient (Wildman–Crippen LogP) is 3.79. The number of hydrogen-bond acceptors (Lipinski definition) is 7. The van der Waals surface area contributed by atoms with E-state index in [0.717, 1.165) is 6.07 Å². The Morgan fingerprint density at radius 1 is 1.46 bits per heavy atom. The van der Waals surface area contributed by atoms with E-state index in [0.29, 0.717) is 11.8 Å². The van der Waals surface area contributed by atoms with Gasteiger partial charge in [-0.15, -0.1) is 0 Å². The number of ether oxygens (including phenoxy) is 3. The number of nitriles is 1. The number of esters is 1. The quantitative estimate of drug-likeness (QED) is 0.436. The Balaban J connectivity index is 2.27. The summed E-state index contributed by atoms with van der Waals surface area (Å²) in [5.74, 6) is -0.890. The van der Waals surface area contributed by atoms with Crippen LogP contribution in [0.1, 0.15) is 0 Å². The minimum Gasteiger partial charge on any atom is -0.466 e. The summed E-state index contributed by atoms with van der Waals surface area (Å²) >= 11 is 6.60. The maximum absolute atomic E-state index is 13.7. The molecule has 24 heavy (non-hydrogen) atoms. The predicted molar refractivity (Wildman–Crippen MR) is 84.7 cm³/mol. The molecule has 1 heterocycles. The van der Waals surface area contributed by atoms with E-state index in [1.54, 1.807) is 11.5 Å². The first-order chi connectivity index (χ1) is 11.5. The van der Waals surface area contributed by atoms with Gasteiger partial charge in [0.05, 0.1) is 17.0 Å². The second kappa shape index (κ2) is 8.38. The molecule has 0 unspecified atom stereocenters. The van der Waals surface area contributed by atoms with Gasteiger partial charge in [0, 0.05) is 6.20 Å². The van der Waals surface area contributed by atoms with E-state index in [2.05, 4.69) is 9.72 Å². The number of carbonyl (C=O) groups excluding carboxylic acids is 1. The smallest absolute Gasteiger partial charge is 0.343 e. The van der Waals surface area contributed by atoms with Crippen LogP contribution in [-0.2, 0) is 9.53 Å². The molecule has 0 N–H and O–H groups in total. The highest BCUT2D eigenvalue weighted by Gasteiger charge is 2.15. The average molecular weight is 369 g/mol. The molecule has 0 saturated heterocycles. The van der Waals surface area contributed by atoms with Crippen LogP contribution in [0, 0.1) is 16.5 Å². The molecule has 2 rings (SSSR count). The molecule has 6 nitrogen and oxygen atoms in total. The third kappa shape index (κ3) is 4.50. The lowest BCUT2D eigenvalue weighted by molar-refractivity contribution is -0.143. The van der Waals surface area contributed by atoms with E-state index in [1.807, 2.05) is 0 Å².